The van der Waals surface area contributed by atoms with Gasteiger partial charge in [0.1, 0.15) is 0 Å². The Kier molecular flexibility index (Phi) is 20.6. The third-order valence-corrected chi connectivity index (χ3v) is 3.60. The molecule has 0 amide bonds. The van der Waals surface area contributed by atoms with E-state index in [1.807, 2.05) is 12.2 Å². The molecule has 0 aliphatic carbocycles. The molecule has 0 aromatic heterocycles. The maximum absolute atomic E-state index is 3.81. The molecule has 0 saturated heterocycles. The van der Waals surface area contributed by atoms with Crippen molar-refractivity contribution >= 4 is 12.4 Å². The van der Waals surface area contributed by atoms with Crippen molar-refractivity contribution in [3.8, 4) is 0 Å². The Morgan fingerprint density at radius 1 is 0.700 bits per heavy atom. The summed E-state index contributed by atoms with van der Waals surface area (Å²) in [5.41, 5.74) is 0. The van der Waals surface area contributed by atoms with Gasteiger partial charge in [-0.05, 0) is 13.0 Å². The molecule has 0 saturated carbocycles. The topological polar surface area (TPSA) is 3.24 Å². The predicted octanol–water partition coefficient (Wildman–Crippen LogP) is 6.00. The summed E-state index contributed by atoms with van der Waals surface area (Å²) in [6, 6.07) is 0. The predicted molar refractivity (Wildman–Crippen MR) is 95.9 cm³/mol. The molecule has 0 unspecified atom stereocenters. The van der Waals surface area contributed by atoms with E-state index >= 15 is 0 Å². The number of hydrogen-bond donors (Lipinski definition) is 0. The maximum Gasteiger partial charge on any atom is 0.0163 e. The fourth-order valence-electron chi connectivity index (χ4n) is 2.45. The fourth-order valence-corrected chi connectivity index (χ4v) is 2.45. The Morgan fingerprint density at radius 3 is 1.50 bits per heavy atom. The number of unbranched alkanes of at least 4 members (excludes halogenated alkanes) is 9. The van der Waals surface area contributed by atoms with Gasteiger partial charge >= 0.3 is 0 Å². The van der Waals surface area contributed by atoms with Crippen LogP contribution in [0.15, 0.2) is 25.3 Å². The third-order valence-electron chi connectivity index (χ3n) is 3.60. The quantitative estimate of drug-likeness (QED) is 0.265. The normalized spacial score (nSPS) is 10.3. The summed E-state index contributed by atoms with van der Waals surface area (Å²) in [4.78, 5) is 2.41. The second-order valence-corrected chi connectivity index (χ2v) is 5.52. The van der Waals surface area contributed by atoms with Crippen LogP contribution in [0.1, 0.15) is 71.1 Å². The summed E-state index contributed by atoms with van der Waals surface area (Å²) < 4.78 is 0. The highest BCUT2D eigenvalue weighted by atomic mass is 35.5. The molecule has 0 fully saturated rings. The standard InChI is InChI=1S/C18H35N.ClH/c1-4-7-8-9-10-11-12-13-14-15-18-19(16-5-2)17-6-3;/h5-6H,2-4,7-18H2,1H3;1H. The molecule has 0 aliphatic rings. The van der Waals surface area contributed by atoms with Gasteiger partial charge < -0.3 is 0 Å². The van der Waals surface area contributed by atoms with Gasteiger partial charge in [0.25, 0.3) is 0 Å². The molecule has 0 rings (SSSR count). The van der Waals surface area contributed by atoms with Gasteiger partial charge in [-0.25, -0.2) is 0 Å². The average molecular weight is 302 g/mol. The Hall–Kier alpha value is -0.270. The highest BCUT2D eigenvalue weighted by Gasteiger charge is 1.99. The lowest BCUT2D eigenvalue weighted by atomic mass is 10.1. The van der Waals surface area contributed by atoms with Crippen LogP contribution in [0, 0.1) is 0 Å². The first-order valence-corrected chi connectivity index (χ1v) is 8.29. The largest absolute Gasteiger partial charge is 0.296 e. The monoisotopic (exact) mass is 301 g/mol. The second-order valence-electron chi connectivity index (χ2n) is 5.52. The Bertz CT molecular complexity index is 194. The lowest BCUT2D eigenvalue weighted by Crippen LogP contribution is -2.24. The molecule has 0 radical (unpaired) electrons. The first kappa shape index (κ1) is 22.0. The van der Waals surface area contributed by atoms with Crippen LogP contribution in [0.3, 0.4) is 0 Å². The van der Waals surface area contributed by atoms with E-state index in [2.05, 4.69) is 25.0 Å². The molecule has 0 aliphatic heterocycles. The lowest BCUT2D eigenvalue weighted by Gasteiger charge is -2.18. The van der Waals surface area contributed by atoms with E-state index in [1.54, 1.807) is 0 Å². The molecule has 120 valence electrons. The zero-order chi connectivity index (χ0) is 14.2. The molecule has 0 spiro atoms. The number of rotatable bonds is 15. The van der Waals surface area contributed by atoms with Crippen molar-refractivity contribution in [3.63, 3.8) is 0 Å². The first-order valence-electron chi connectivity index (χ1n) is 8.29. The van der Waals surface area contributed by atoms with Gasteiger partial charge in [-0.15, -0.1) is 25.6 Å². The first-order chi connectivity index (χ1) is 9.35. The smallest absolute Gasteiger partial charge is 0.0163 e. The Morgan fingerprint density at radius 2 is 1.10 bits per heavy atom. The van der Waals surface area contributed by atoms with Crippen LogP contribution < -0.4 is 0 Å². The van der Waals surface area contributed by atoms with E-state index in [9.17, 15) is 0 Å². The molecule has 0 atom stereocenters. The number of halogens is 1. The van der Waals surface area contributed by atoms with E-state index in [0.717, 1.165) is 13.1 Å². The molecule has 1 nitrogen and oxygen atoms in total. The van der Waals surface area contributed by atoms with Crippen molar-refractivity contribution in [2.24, 2.45) is 0 Å². The molecule has 0 bridgehead atoms. The molecule has 0 aromatic carbocycles. The van der Waals surface area contributed by atoms with E-state index in [0.29, 0.717) is 0 Å². The van der Waals surface area contributed by atoms with Crippen LogP contribution in [-0.4, -0.2) is 24.5 Å². The Labute approximate surface area is 133 Å². The van der Waals surface area contributed by atoms with Gasteiger partial charge in [0, 0.05) is 13.1 Å². The van der Waals surface area contributed by atoms with Gasteiger partial charge in [-0.2, -0.15) is 0 Å². The van der Waals surface area contributed by atoms with Crippen LogP contribution in [-0.2, 0) is 0 Å². The molecule has 20 heavy (non-hydrogen) atoms. The van der Waals surface area contributed by atoms with Crippen LogP contribution in [0.25, 0.3) is 0 Å². The van der Waals surface area contributed by atoms with Crippen molar-refractivity contribution in [1.82, 2.24) is 4.90 Å². The van der Waals surface area contributed by atoms with Crippen LogP contribution in [0.5, 0.6) is 0 Å². The fraction of sp³-hybridized carbons (Fsp3) is 0.778. The van der Waals surface area contributed by atoms with E-state index in [-0.39, 0.29) is 12.4 Å². The van der Waals surface area contributed by atoms with E-state index in [4.69, 9.17) is 0 Å². The summed E-state index contributed by atoms with van der Waals surface area (Å²) in [5.74, 6) is 0. The second kappa shape index (κ2) is 18.7. The van der Waals surface area contributed by atoms with E-state index in [1.165, 1.54) is 70.8 Å². The summed E-state index contributed by atoms with van der Waals surface area (Å²) in [7, 11) is 0. The molecular weight excluding hydrogens is 266 g/mol. The number of nitrogens with zero attached hydrogens (tertiary/aromatic N) is 1. The highest BCUT2D eigenvalue weighted by Crippen LogP contribution is 2.10. The van der Waals surface area contributed by atoms with Gasteiger partial charge in [-0.1, -0.05) is 76.9 Å². The van der Waals surface area contributed by atoms with Gasteiger partial charge in [0.15, 0.2) is 0 Å². The summed E-state index contributed by atoms with van der Waals surface area (Å²) >= 11 is 0. The van der Waals surface area contributed by atoms with Crippen LogP contribution in [0.2, 0.25) is 0 Å². The van der Waals surface area contributed by atoms with E-state index < -0.39 is 0 Å². The third kappa shape index (κ3) is 15.8. The molecule has 0 heterocycles. The summed E-state index contributed by atoms with van der Waals surface area (Å²) in [6.07, 6.45) is 18.0. The van der Waals surface area contributed by atoms with Gasteiger partial charge in [-0.3, -0.25) is 4.90 Å². The SMILES string of the molecule is C=CCN(CC=C)CCCCCCCCCCCC.Cl. The lowest BCUT2D eigenvalue weighted by molar-refractivity contribution is 0.324. The highest BCUT2D eigenvalue weighted by molar-refractivity contribution is 5.85. The van der Waals surface area contributed by atoms with Gasteiger partial charge in [0.2, 0.25) is 0 Å². The van der Waals surface area contributed by atoms with Crippen molar-refractivity contribution in [2.45, 2.75) is 71.1 Å². The van der Waals surface area contributed by atoms with Crippen LogP contribution >= 0.6 is 12.4 Å². The molecular formula is C18H36ClN. The zero-order valence-electron chi connectivity index (χ0n) is 13.6. The zero-order valence-corrected chi connectivity index (χ0v) is 14.4. The van der Waals surface area contributed by atoms with Crippen molar-refractivity contribution in [3.05, 3.63) is 25.3 Å². The van der Waals surface area contributed by atoms with Crippen molar-refractivity contribution in [1.29, 1.82) is 0 Å². The molecule has 0 aromatic rings. The Balaban J connectivity index is 0. The minimum Gasteiger partial charge on any atom is -0.296 e. The minimum atomic E-state index is 0. The molecule has 0 N–H and O–H groups in total. The van der Waals surface area contributed by atoms with Crippen LogP contribution in [0.4, 0.5) is 0 Å². The van der Waals surface area contributed by atoms with Crippen molar-refractivity contribution < 1.29 is 0 Å². The summed E-state index contributed by atoms with van der Waals surface area (Å²) in [6.45, 7) is 13.1. The maximum atomic E-state index is 3.81. The average Bonchev–Trinajstić information content (AvgIpc) is 2.41. The number of hydrogen-bond acceptors (Lipinski definition) is 1. The minimum absolute atomic E-state index is 0. The molecule has 2 heteroatoms. The summed E-state index contributed by atoms with van der Waals surface area (Å²) in [5, 5.41) is 0. The van der Waals surface area contributed by atoms with Gasteiger partial charge in [0.05, 0.1) is 0 Å². The van der Waals surface area contributed by atoms with Crippen molar-refractivity contribution in [2.75, 3.05) is 19.6 Å².